The lowest BCUT2D eigenvalue weighted by Crippen LogP contribution is -2.39. The van der Waals surface area contributed by atoms with Gasteiger partial charge in [0.1, 0.15) is 11.5 Å². The molecule has 7 nitrogen and oxygen atoms in total. The van der Waals surface area contributed by atoms with Gasteiger partial charge in [-0.2, -0.15) is 4.31 Å². The van der Waals surface area contributed by atoms with Crippen LogP contribution in [0.4, 0.5) is 5.69 Å². The van der Waals surface area contributed by atoms with Crippen molar-refractivity contribution in [3.8, 4) is 11.5 Å². The molecule has 30 heavy (non-hydrogen) atoms. The fraction of sp³-hybridized carbons (Fsp3) is 0.409. The zero-order valence-electron chi connectivity index (χ0n) is 17.7. The van der Waals surface area contributed by atoms with Crippen LogP contribution in [0.2, 0.25) is 0 Å². The molecule has 0 heterocycles. The first-order valence-electron chi connectivity index (χ1n) is 9.86. The molecule has 0 saturated heterocycles. The highest BCUT2D eigenvalue weighted by molar-refractivity contribution is 7.89. The van der Waals surface area contributed by atoms with Gasteiger partial charge >= 0.3 is 0 Å². The summed E-state index contributed by atoms with van der Waals surface area (Å²) in [6, 6.07) is 11.8. The summed E-state index contributed by atoms with van der Waals surface area (Å²) in [4.78, 5) is 11.7. The molecular formula is C22H28N2O5S. The zero-order chi connectivity index (χ0) is 21.9. The Morgan fingerprint density at radius 1 is 1.13 bits per heavy atom. The maximum atomic E-state index is 13.6. The van der Waals surface area contributed by atoms with Crippen LogP contribution in [0.1, 0.15) is 32.3 Å². The molecule has 1 amide bonds. The first-order chi connectivity index (χ1) is 14.3. The van der Waals surface area contributed by atoms with Crippen molar-refractivity contribution in [2.24, 2.45) is 5.92 Å². The number of methoxy groups -OCH3 is 2. The number of carbonyl (C=O) groups is 1. The van der Waals surface area contributed by atoms with Crippen molar-refractivity contribution >= 4 is 21.6 Å². The molecule has 0 aliphatic heterocycles. The van der Waals surface area contributed by atoms with Crippen molar-refractivity contribution in [2.45, 2.75) is 44.2 Å². The van der Waals surface area contributed by atoms with E-state index in [0.29, 0.717) is 17.4 Å². The maximum absolute atomic E-state index is 13.6. The van der Waals surface area contributed by atoms with Crippen LogP contribution in [0.25, 0.3) is 0 Å². The monoisotopic (exact) mass is 432 g/mol. The van der Waals surface area contributed by atoms with Crippen molar-refractivity contribution in [2.75, 3.05) is 19.5 Å². The minimum Gasteiger partial charge on any atom is -0.497 e. The molecule has 1 aliphatic carbocycles. The second-order valence-corrected chi connectivity index (χ2v) is 9.41. The molecule has 0 radical (unpaired) electrons. The molecule has 2 aromatic rings. The number of nitrogens with zero attached hydrogens (tertiary/aromatic N) is 1. The fourth-order valence-corrected chi connectivity index (χ4v) is 5.15. The van der Waals surface area contributed by atoms with Crippen LogP contribution in [-0.4, -0.2) is 38.9 Å². The number of sulfonamides is 1. The summed E-state index contributed by atoms with van der Waals surface area (Å²) in [5, 5.41) is 2.64. The largest absolute Gasteiger partial charge is 0.497 e. The first-order valence-corrected chi connectivity index (χ1v) is 11.3. The zero-order valence-corrected chi connectivity index (χ0v) is 18.5. The molecule has 1 fully saturated rings. The lowest BCUT2D eigenvalue weighted by Gasteiger charge is -2.29. The van der Waals surface area contributed by atoms with Gasteiger partial charge in [-0.25, -0.2) is 8.42 Å². The normalized spacial score (nSPS) is 15.0. The molecule has 8 heteroatoms. The van der Waals surface area contributed by atoms with Crippen molar-refractivity contribution < 1.29 is 22.7 Å². The number of rotatable bonds is 9. The van der Waals surface area contributed by atoms with Gasteiger partial charge in [0.05, 0.1) is 24.8 Å². The summed E-state index contributed by atoms with van der Waals surface area (Å²) >= 11 is 0. The van der Waals surface area contributed by atoms with E-state index in [1.807, 2.05) is 31.2 Å². The van der Waals surface area contributed by atoms with E-state index < -0.39 is 10.0 Å². The minimum atomic E-state index is -3.81. The average Bonchev–Trinajstić information content (AvgIpc) is 3.56. The van der Waals surface area contributed by atoms with Crippen molar-refractivity contribution in [1.82, 2.24) is 4.31 Å². The second-order valence-electron chi connectivity index (χ2n) is 7.52. The van der Waals surface area contributed by atoms with E-state index >= 15 is 0 Å². The van der Waals surface area contributed by atoms with Crippen LogP contribution < -0.4 is 14.8 Å². The highest BCUT2D eigenvalue weighted by atomic mass is 32.2. The van der Waals surface area contributed by atoms with Gasteiger partial charge in [0, 0.05) is 19.5 Å². The molecule has 1 atom stereocenters. The molecule has 0 spiro atoms. The van der Waals surface area contributed by atoms with Gasteiger partial charge in [-0.3, -0.25) is 4.79 Å². The minimum absolute atomic E-state index is 0.119. The second kappa shape index (κ2) is 9.06. The van der Waals surface area contributed by atoms with E-state index in [0.717, 1.165) is 24.2 Å². The Balaban J connectivity index is 1.97. The Labute approximate surface area is 178 Å². The predicted octanol–water partition coefficient (Wildman–Crippen LogP) is 3.65. The van der Waals surface area contributed by atoms with Gasteiger partial charge in [0.25, 0.3) is 0 Å². The number of benzene rings is 2. The van der Waals surface area contributed by atoms with Crippen LogP contribution in [0.15, 0.2) is 47.4 Å². The van der Waals surface area contributed by atoms with Gasteiger partial charge in [-0.1, -0.05) is 12.1 Å². The fourth-order valence-electron chi connectivity index (χ4n) is 3.44. The van der Waals surface area contributed by atoms with Crippen molar-refractivity contribution in [3.63, 3.8) is 0 Å². The Morgan fingerprint density at radius 2 is 1.80 bits per heavy atom. The highest BCUT2D eigenvalue weighted by Crippen LogP contribution is 2.38. The molecule has 3 rings (SSSR count). The molecule has 0 aromatic heterocycles. The number of carbonyl (C=O) groups excluding carboxylic acids is 1. The van der Waals surface area contributed by atoms with Gasteiger partial charge in [-0.15, -0.1) is 0 Å². The van der Waals surface area contributed by atoms with Crippen molar-refractivity contribution in [3.05, 3.63) is 48.0 Å². The molecule has 1 unspecified atom stereocenters. The number of ether oxygens (including phenoxy) is 2. The number of hydrogen-bond donors (Lipinski definition) is 1. The average molecular weight is 433 g/mol. The number of hydrogen-bond acceptors (Lipinski definition) is 5. The SMILES string of the molecule is COc1ccc(CN(C(C)C2CC2)S(=O)(=O)c2ccc(OC)c(NC(C)=O)c2)cc1. The van der Waals surface area contributed by atoms with E-state index in [9.17, 15) is 13.2 Å². The lowest BCUT2D eigenvalue weighted by molar-refractivity contribution is -0.114. The lowest BCUT2D eigenvalue weighted by atomic mass is 10.1. The summed E-state index contributed by atoms with van der Waals surface area (Å²) in [7, 11) is -0.741. The summed E-state index contributed by atoms with van der Waals surface area (Å²) in [6.45, 7) is 3.58. The van der Waals surface area contributed by atoms with Crippen LogP contribution in [0.3, 0.4) is 0 Å². The third-order valence-corrected chi connectivity index (χ3v) is 7.27. The van der Waals surface area contributed by atoms with E-state index in [2.05, 4.69) is 5.32 Å². The molecule has 162 valence electrons. The molecule has 2 aromatic carbocycles. The maximum Gasteiger partial charge on any atom is 0.243 e. The number of amides is 1. The number of nitrogens with one attached hydrogen (secondary N) is 1. The third-order valence-electron chi connectivity index (χ3n) is 5.34. The topological polar surface area (TPSA) is 84.9 Å². The summed E-state index contributed by atoms with van der Waals surface area (Å²) in [6.07, 6.45) is 2.05. The van der Waals surface area contributed by atoms with E-state index in [1.54, 1.807) is 17.5 Å². The summed E-state index contributed by atoms with van der Waals surface area (Å²) < 4.78 is 39.2. The van der Waals surface area contributed by atoms with Crippen LogP contribution in [0.5, 0.6) is 11.5 Å². The predicted molar refractivity (Wildman–Crippen MR) is 115 cm³/mol. The highest BCUT2D eigenvalue weighted by Gasteiger charge is 2.38. The first kappa shape index (κ1) is 22.1. The van der Waals surface area contributed by atoms with E-state index in [4.69, 9.17) is 9.47 Å². The van der Waals surface area contributed by atoms with Crippen LogP contribution >= 0.6 is 0 Å². The summed E-state index contributed by atoms with van der Waals surface area (Å²) in [5.74, 6) is 1.18. The molecule has 1 saturated carbocycles. The summed E-state index contributed by atoms with van der Waals surface area (Å²) in [5.41, 5.74) is 1.21. The Bertz CT molecular complexity index is 1000. The van der Waals surface area contributed by atoms with E-state index in [1.165, 1.54) is 26.2 Å². The number of anilines is 1. The van der Waals surface area contributed by atoms with Crippen LogP contribution in [0, 0.1) is 5.92 Å². The van der Waals surface area contributed by atoms with Crippen molar-refractivity contribution in [1.29, 1.82) is 0 Å². The third kappa shape index (κ3) is 4.94. The smallest absolute Gasteiger partial charge is 0.243 e. The molecule has 1 aliphatic rings. The molecule has 1 N–H and O–H groups in total. The van der Waals surface area contributed by atoms with Gasteiger partial charge in [0.15, 0.2) is 0 Å². The quantitative estimate of drug-likeness (QED) is 0.654. The van der Waals surface area contributed by atoms with Gasteiger partial charge in [-0.05, 0) is 61.6 Å². The molecular weight excluding hydrogens is 404 g/mol. The Morgan fingerprint density at radius 3 is 2.33 bits per heavy atom. The standard InChI is InChI=1S/C22H28N2O5S/c1-15(18-7-8-18)24(14-17-5-9-19(28-3)10-6-17)30(26,27)20-11-12-22(29-4)21(13-20)23-16(2)25/h5-6,9-13,15,18H,7-8,14H2,1-4H3,(H,23,25). The Kier molecular flexibility index (Phi) is 6.67. The molecule has 0 bridgehead atoms. The van der Waals surface area contributed by atoms with Gasteiger partial charge < -0.3 is 14.8 Å². The Hall–Kier alpha value is -2.58. The van der Waals surface area contributed by atoms with E-state index in [-0.39, 0.29) is 23.4 Å². The van der Waals surface area contributed by atoms with Crippen LogP contribution in [-0.2, 0) is 21.4 Å². The van der Waals surface area contributed by atoms with Gasteiger partial charge in [0.2, 0.25) is 15.9 Å².